The average Bonchev–Trinajstić information content (AvgIpc) is 2.26. The van der Waals surface area contributed by atoms with Crippen LogP contribution in [0.15, 0.2) is 22.7 Å². The second-order valence-corrected chi connectivity index (χ2v) is 5.00. The van der Waals surface area contributed by atoms with E-state index in [0.717, 1.165) is 16.7 Å². The zero-order chi connectivity index (χ0) is 12.1. The highest BCUT2D eigenvalue weighted by atomic mass is 79.9. The van der Waals surface area contributed by atoms with Gasteiger partial charge in [0, 0.05) is 22.7 Å². The summed E-state index contributed by atoms with van der Waals surface area (Å²) in [7, 11) is 2.17. The van der Waals surface area contributed by atoms with Gasteiger partial charge in [0.1, 0.15) is 0 Å². The number of hydrogen-bond donors (Lipinski definition) is 1. The Bertz CT molecular complexity index is 335. The molecule has 0 aromatic heterocycles. The minimum atomic E-state index is 0.647. The molecule has 90 valence electrons. The monoisotopic (exact) mass is 284 g/mol. The Morgan fingerprint density at radius 3 is 2.50 bits per heavy atom. The van der Waals surface area contributed by atoms with Crippen molar-refractivity contribution in [3.63, 3.8) is 0 Å². The molecule has 0 aliphatic rings. The largest absolute Gasteiger partial charge is 0.398 e. The molecule has 0 fully saturated rings. The lowest BCUT2D eigenvalue weighted by Crippen LogP contribution is -2.30. The zero-order valence-electron chi connectivity index (χ0n) is 10.3. The molecule has 0 aliphatic carbocycles. The Kier molecular flexibility index (Phi) is 5.29. The molecule has 2 N–H and O–H groups in total. The van der Waals surface area contributed by atoms with E-state index in [2.05, 4.69) is 47.8 Å². The molecule has 1 aromatic carbocycles. The Labute approximate surface area is 107 Å². The number of nitrogens with two attached hydrogens (primary N) is 1. The minimum Gasteiger partial charge on any atom is -0.398 e. The molecule has 0 radical (unpaired) electrons. The minimum absolute atomic E-state index is 0.647. The van der Waals surface area contributed by atoms with Gasteiger partial charge in [0.05, 0.1) is 0 Å². The van der Waals surface area contributed by atoms with Crippen molar-refractivity contribution < 1.29 is 0 Å². The van der Waals surface area contributed by atoms with Crippen molar-refractivity contribution in [1.29, 1.82) is 0 Å². The van der Waals surface area contributed by atoms with Gasteiger partial charge in [-0.1, -0.05) is 26.0 Å². The van der Waals surface area contributed by atoms with Crippen molar-refractivity contribution in [3.05, 3.63) is 28.2 Å². The predicted molar refractivity (Wildman–Crippen MR) is 74.4 cm³/mol. The van der Waals surface area contributed by atoms with Crippen molar-refractivity contribution in [2.75, 3.05) is 12.8 Å². The number of anilines is 1. The van der Waals surface area contributed by atoms with E-state index < -0.39 is 0 Å². The summed E-state index contributed by atoms with van der Waals surface area (Å²) in [6, 6.07) is 6.70. The summed E-state index contributed by atoms with van der Waals surface area (Å²) >= 11 is 3.55. The molecule has 0 heterocycles. The van der Waals surface area contributed by atoms with Crippen LogP contribution in [0.2, 0.25) is 0 Å². The Morgan fingerprint density at radius 1 is 1.31 bits per heavy atom. The lowest BCUT2D eigenvalue weighted by Gasteiger charge is -2.26. The molecule has 0 aliphatic heterocycles. The van der Waals surface area contributed by atoms with Gasteiger partial charge in [0.15, 0.2) is 0 Å². The van der Waals surface area contributed by atoms with Gasteiger partial charge in [-0.2, -0.15) is 0 Å². The first-order valence-corrected chi connectivity index (χ1v) is 6.62. The molecule has 0 saturated carbocycles. The zero-order valence-corrected chi connectivity index (χ0v) is 11.9. The molecule has 0 amide bonds. The first-order chi connectivity index (χ1) is 7.60. The quantitative estimate of drug-likeness (QED) is 0.837. The third-order valence-corrected chi connectivity index (χ3v) is 4.06. The van der Waals surface area contributed by atoms with Crippen LogP contribution in [0.25, 0.3) is 0 Å². The van der Waals surface area contributed by atoms with Gasteiger partial charge in [-0.15, -0.1) is 0 Å². The van der Waals surface area contributed by atoms with Crippen molar-refractivity contribution >= 4 is 21.6 Å². The van der Waals surface area contributed by atoms with Crippen LogP contribution in [0.4, 0.5) is 5.69 Å². The molecule has 0 unspecified atom stereocenters. The maximum absolute atomic E-state index is 5.87. The van der Waals surface area contributed by atoms with Crippen LogP contribution in [0.1, 0.15) is 32.3 Å². The number of hydrogen-bond acceptors (Lipinski definition) is 2. The topological polar surface area (TPSA) is 29.3 Å². The molecule has 0 saturated heterocycles. The summed E-state index contributed by atoms with van der Waals surface area (Å²) < 4.78 is 1.04. The van der Waals surface area contributed by atoms with E-state index in [1.165, 1.54) is 18.4 Å². The van der Waals surface area contributed by atoms with Crippen molar-refractivity contribution in [2.45, 2.75) is 39.3 Å². The lowest BCUT2D eigenvalue weighted by molar-refractivity contribution is 0.221. The Morgan fingerprint density at radius 2 is 1.94 bits per heavy atom. The molecular weight excluding hydrogens is 264 g/mol. The number of rotatable bonds is 5. The van der Waals surface area contributed by atoms with E-state index in [1.54, 1.807) is 0 Å². The van der Waals surface area contributed by atoms with E-state index in [4.69, 9.17) is 5.73 Å². The van der Waals surface area contributed by atoms with Crippen LogP contribution >= 0.6 is 15.9 Å². The van der Waals surface area contributed by atoms with Crippen molar-refractivity contribution in [3.8, 4) is 0 Å². The van der Waals surface area contributed by atoms with Crippen LogP contribution in [0.5, 0.6) is 0 Å². The fourth-order valence-corrected chi connectivity index (χ4v) is 2.42. The summed E-state index contributed by atoms with van der Waals surface area (Å²) in [5, 5.41) is 0. The van der Waals surface area contributed by atoms with E-state index in [1.807, 2.05) is 12.1 Å². The van der Waals surface area contributed by atoms with Crippen LogP contribution in [-0.2, 0) is 6.54 Å². The smallest absolute Gasteiger partial charge is 0.0461 e. The van der Waals surface area contributed by atoms with Crippen molar-refractivity contribution in [2.24, 2.45) is 0 Å². The van der Waals surface area contributed by atoms with Gasteiger partial charge in [0.2, 0.25) is 0 Å². The van der Waals surface area contributed by atoms with Gasteiger partial charge in [-0.3, -0.25) is 4.90 Å². The van der Waals surface area contributed by atoms with Crippen LogP contribution in [-0.4, -0.2) is 18.0 Å². The highest BCUT2D eigenvalue weighted by Gasteiger charge is 2.12. The molecule has 1 rings (SSSR count). The van der Waals surface area contributed by atoms with Crippen LogP contribution < -0.4 is 5.73 Å². The van der Waals surface area contributed by atoms with E-state index in [0.29, 0.717) is 6.04 Å². The molecule has 16 heavy (non-hydrogen) atoms. The summed E-state index contributed by atoms with van der Waals surface area (Å²) in [6.07, 6.45) is 2.37. The molecule has 0 spiro atoms. The highest BCUT2D eigenvalue weighted by Crippen LogP contribution is 2.25. The van der Waals surface area contributed by atoms with Gasteiger partial charge in [-0.25, -0.2) is 0 Å². The van der Waals surface area contributed by atoms with Crippen molar-refractivity contribution in [1.82, 2.24) is 4.90 Å². The van der Waals surface area contributed by atoms with Crippen LogP contribution in [0, 0.1) is 0 Å². The van der Waals surface area contributed by atoms with Gasteiger partial charge in [0.25, 0.3) is 0 Å². The third-order valence-electron chi connectivity index (χ3n) is 3.09. The van der Waals surface area contributed by atoms with Gasteiger partial charge >= 0.3 is 0 Å². The molecular formula is C13H21BrN2. The molecule has 0 bridgehead atoms. The number of benzene rings is 1. The first kappa shape index (κ1) is 13.5. The predicted octanol–water partition coefficient (Wildman–Crippen LogP) is 3.65. The molecule has 3 heteroatoms. The van der Waals surface area contributed by atoms with Crippen LogP contribution in [0.3, 0.4) is 0 Å². The Hall–Kier alpha value is -0.540. The Balaban J connectivity index is 2.76. The fourth-order valence-electron chi connectivity index (χ4n) is 2.03. The molecule has 0 atom stereocenters. The van der Waals surface area contributed by atoms with E-state index in [-0.39, 0.29) is 0 Å². The SMILES string of the molecule is CCC(CC)N(C)Cc1cccc(N)c1Br. The fraction of sp³-hybridized carbons (Fsp3) is 0.538. The standard InChI is InChI=1S/C13H21BrN2/c1-4-11(5-2)16(3)9-10-7-6-8-12(15)13(10)14/h6-8,11H,4-5,9,15H2,1-3H3. The van der Waals surface area contributed by atoms with Gasteiger partial charge < -0.3 is 5.73 Å². The summed E-state index contributed by atoms with van der Waals surface area (Å²) in [6.45, 7) is 5.41. The maximum atomic E-state index is 5.87. The summed E-state index contributed by atoms with van der Waals surface area (Å²) in [5.41, 5.74) is 7.95. The normalized spacial score (nSPS) is 11.4. The second-order valence-electron chi connectivity index (χ2n) is 4.21. The maximum Gasteiger partial charge on any atom is 0.0461 e. The summed E-state index contributed by atoms with van der Waals surface area (Å²) in [5.74, 6) is 0. The first-order valence-electron chi connectivity index (χ1n) is 5.83. The average molecular weight is 285 g/mol. The molecule has 2 nitrogen and oxygen atoms in total. The van der Waals surface area contributed by atoms with E-state index >= 15 is 0 Å². The van der Waals surface area contributed by atoms with E-state index in [9.17, 15) is 0 Å². The second kappa shape index (κ2) is 6.26. The number of halogens is 1. The number of nitrogens with zero attached hydrogens (tertiary/aromatic N) is 1. The molecule has 1 aromatic rings. The highest BCUT2D eigenvalue weighted by molar-refractivity contribution is 9.10. The lowest BCUT2D eigenvalue weighted by atomic mass is 10.1. The summed E-state index contributed by atoms with van der Waals surface area (Å²) in [4.78, 5) is 2.39. The third kappa shape index (κ3) is 3.22. The number of nitrogen functional groups attached to an aromatic ring is 1. The van der Waals surface area contributed by atoms with Gasteiger partial charge in [-0.05, 0) is 47.4 Å².